The van der Waals surface area contributed by atoms with Gasteiger partial charge in [0.2, 0.25) is 0 Å². The summed E-state index contributed by atoms with van der Waals surface area (Å²) in [6, 6.07) is 0.132. The lowest BCUT2D eigenvalue weighted by Gasteiger charge is -2.20. The summed E-state index contributed by atoms with van der Waals surface area (Å²) in [5, 5.41) is 14.5. The first-order valence-corrected chi connectivity index (χ1v) is 7.53. The van der Waals surface area contributed by atoms with Gasteiger partial charge in [0.25, 0.3) is 0 Å². The van der Waals surface area contributed by atoms with Gasteiger partial charge in [-0.25, -0.2) is 4.79 Å². The number of amides is 2. The largest absolute Gasteiger partial charge is 0.481 e. The fourth-order valence-electron chi connectivity index (χ4n) is 2.43. The third kappa shape index (κ3) is 7.16. The van der Waals surface area contributed by atoms with E-state index >= 15 is 0 Å². The Bertz CT molecular complexity index is 342. The SMILES string of the molecule is CCC(CCNC(=O)NC1CC=CCC1)CCC(=O)O. The standard InChI is InChI=1S/C15H26N2O3/c1-2-12(8-9-14(18)19)10-11-16-15(20)17-13-6-4-3-5-7-13/h3-4,12-13H,2,5-11H2,1H3,(H,18,19)(H2,16,17,20). The summed E-state index contributed by atoms with van der Waals surface area (Å²) in [6.45, 7) is 2.66. The number of hydrogen-bond donors (Lipinski definition) is 3. The van der Waals surface area contributed by atoms with Crippen molar-refractivity contribution in [1.82, 2.24) is 10.6 Å². The van der Waals surface area contributed by atoms with Crippen LogP contribution < -0.4 is 10.6 Å². The lowest BCUT2D eigenvalue weighted by molar-refractivity contribution is -0.137. The lowest BCUT2D eigenvalue weighted by Crippen LogP contribution is -2.42. The number of nitrogens with one attached hydrogen (secondary N) is 2. The summed E-state index contributed by atoms with van der Waals surface area (Å²) in [5.41, 5.74) is 0. The molecule has 0 saturated carbocycles. The second-order valence-corrected chi connectivity index (χ2v) is 5.38. The van der Waals surface area contributed by atoms with E-state index in [0.29, 0.717) is 18.9 Å². The Morgan fingerprint density at radius 3 is 2.75 bits per heavy atom. The predicted molar refractivity (Wildman–Crippen MR) is 78.6 cm³/mol. The average molecular weight is 282 g/mol. The molecule has 2 amide bonds. The maximum absolute atomic E-state index is 11.7. The van der Waals surface area contributed by atoms with Crippen molar-refractivity contribution < 1.29 is 14.7 Å². The molecular formula is C15H26N2O3. The van der Waals surface area contributed by atoms with Crippen molar-refractivity contribution in [2.24, 2.45) is 5.92 Å². The Morgan fingerprint density at radius 1 is 1.35 bits per heavy atom. The molecule has 0 aromatic heterocycles. The van der Waals surface area contributed by atoms with Crippen molar-refractivity contribution in [1.29, 1.82) is 0 Å². The van der Waals surface area contributed by atoms with Crippen LogP contribution in [0.5, 0.6) is 0 Å². The van der Waals surface area contributed by atoms with Crippen LogP contribution in [0.4, 0.5) is 4.79 Å². The monoisotopic (exact) mass is 282 g/mol. The van der Waals surface area contributed by atoms with Gasteiger partial charge in [0.05, 0.1) is 0 Å². The summed E-state index contributed by atoms with van der Waals surface area (Å²) in [5.74, 6) is -0.386. The molecule has 3 N–H and O–H groups in total. The molecule has 1 aliphatic rings. The van der Waals surface area contributed by atoms with E-state index in [1.807, 2.05) is 0 Å². The molecule has 0 saturated heterocycles. The molecule has 1 aliphatic carbocycles. The predicted octanol–water partition coefficient (Wildman–Crippen LogP) is 2.68. The van der Waals surface area contributed by atoms with E-state index in [9.17, 15) is 9.59 Å². The fourth-order valence-corrected chi connectivity index (χ4v) is 2.43. The van der Waals surface area contributed by atoms with Gasteiger partial charge >= 0.3 is 12.0 Å². The van der Waals surface area contributed by atoms with Crippen molar-refractivity contribution in [3.05, 3.63) is 12.2 Å². The van der Waals surface area contributed by atoms with Gasteiger partial charge in [-0.3, -0.25) is 4.79 Å². The molecule has 114 valence electrons. The smallest absolute Gasteiger partial charge is 0.315 e. The number of carbonyl (C=O) groups is 2. The summed E-state index contributed by atoms with van der Waals surface area (Å²) in [6.07, 6.45) is 9.85. The maximum atomic E-state index is 11.7. The highest BCUT2D eigenvalue weighted by Gasteiger charge is 2.13. The molecule has 0 fully saturated rings. The molecule has 2 atom stereocenters. The Hall–Kier alpha value is -1.52. The second-order valence-electron chi connectivity index (χ2n) is 5.38. The summed E-state index contributed by atoms with van der Waals surface area (Å²) >= 11 is 0. The minimum absolute atomic E-state index is 0.113. The quantitative estimate of drug-likeness (QED) is 0.599. The second kappa shape index (κ2) is 9.39. The highest BCUT2D eigenvalue weighted by molar-refractivity contribution is 5.74. The zero-order chi connectivity index (χ0) is 14.8. The minimum atomic E-state index is -0.750. The van der Waals surface area contributed by atoms with Crippen LogP contribution in [0.3, 0.4) is 0 Å². The maximum Gasteiger partial charge on any atom is 0.315 e. The minimum Gasteiger partial charge on any atom is -0.481 e. The van der Waals surface area contributed by atoms with Crippen LogP contribution in [0.25, 0.3) is 0 Å². The zero-order valence-electron chi connectivity index (χ0n) is 12.2. The van der Waals surface area contributed by atoms with Gasteiger partial charge < -0.3 is 15.7 Å². The van der Waals surface area contributed by atoms with Crippen LogP contribution in [0.1, 0.15) is 51.9 Å². The highest BCUT2D eigenvalue weighted by Crippen LogP contribution is 2.14. The number of rotatable bonds is 8. The Balaban J connectivity index is 2.13. The highest BCUT2D eigenvalue weighted by atomic mass is 16.4. The van der Waals surface area contributed by atoms with Crippen LogP contribution in [-0.2, 0) is 4.79 Å². The molecule has 5 nitrogen and oxygen atoms in total. The number of carboxylic acids is 1. The van der Waals surface area contributed by atoms with Gasteiger partial charge in [-0.2, -0.15) is 0 Å². The molecule has 2 unspecified atom stereocenters. The molecule has 0 heterocycles. The van der Waals surface area contributed by atoms with Crippen molar-refractivity contribution in [2.45, 2.75) is 57.9 Å². The first-order valence-electron chi connectivity index (χ1n) is 7.53. The van der Waals surface area contributed by atoms with Crippen LogP contribution in [-0.4, -0.2) is 29.7 Å². The fraction of sp³-hybridized carbons (Fsp3) is 0.733. The van der Waals surface area contributed by atoms with Crippen LogP contribution in [0.15, 0.2) is 12.2 Å². The number of hydrogen-bond acceptors (Lipinski definition) is 2. The van der Waals surface area contributed by atoms with Gasteiger partial charge in [-0.05, 0) is 38.0 Å². The van der Waals surface area contributed by atoms with Crippen LogP contribution in [0, 0.1) is 5.92 Å². The molecule has 0 radical (unpaired) electrons. The third-order valence-corrected chi connectivity index (χ3v) is 3.79. The normalized spacial score (nSPS) is 19.4. The summed E-state index contributed by atoms with van der Waals surface area (Å²) in [7, 11) is 0. The molecule has 5 heteroatoms. The van der Waals surface area contributed by atoms with Crippen molar-refractivity contribution in [2.75, 3.05) is 6.54 Å². The van der Waals surface area contributed by atoms with Crippen molar-refractivity contribution in [3.63, 3.8) is 0 Å². The number of aliphatic carboxylic acids is 1. The number of allylic oxidation sites excluding steroid dienone is 1. The van der Waals surface area contributed by atoms with Gasteiger partial charge in [0.15, 0.2) is 0 Å². The first-order chi connectivity index (χ1) is 9.61. The molecule has 20 heavy (non-hydrogen) atoms. The zero-order valence-corrected chi connectivity index (χ0v) is 12.2. The Labute approximate surface area is 120 Å². The third-order valence-electron chi connectivity index (χ3n) is 3.79. The molecular weight excluding hydrogens is 256 g/mol. The topological polar surface area (TPSA) is 78.4 Å². The van der Waals surface area contributed by atoms with Crippen molar-refractivity contribution in [3.8, 4) is 0 Å². The molecule has 0 aromatic carbocycles. The average Bonchev–Trinajstić information content (AvgIpc) is 2.43. The van der Waals surface area contributed by atoms with E-state index in [1.54, 1.807) is 0 Å². The van der Waals surface area contributed by atoms with Crippen molar-refractivity contribution >= 4 is 12.0 Å². The summed E-state index contributed by atoms with van der Waals surface area (Å²) in [4.78, 5) is 22.2. The van der Waals surface area contributed by atoms with Crippen LogP contribution >= 0.6 is 0 Å². The van der Waals surface area contributed by atoms with E-state index in [0.717, 1.165) is 32.1 Å². The summed E-state index contributed by atoms with van der Waals surface area (Å²) < 4.78 is 0. The van der Waals surface area contributed by atoms with E-state index in [4.69, 9.17) is 5.11 Å². The number of carboxylic acid groups (broad SMARTS) is 1. The Kier molecular flexibility index (Phi) is 7.77. The molecule has 0 aromatic rings. The lowest BCUT2D eigenvalue weighted by atomic mass is 9.97. The van der Waals surface area contributed by atoms with Gasteiger partial charge in [-0.1, -0.05) is 25.5 Å². The number of carbonyl (C=O) groups excluding carboxylic acids is 1. The van der Waals surface area contributed by atoms with Gasteiger partial charge in [-0.15, -0.1) is 0 Å². The van der Waals surface area contributed by atoms with E-state index < -0.39 is 5.97 Å². The first kappa shape index (κ1) is 16.5. The molecule has 0 spiro atoms. The van der Waals surface area contributed by atoms with E-state index in [1.165, 1.54) is 0 Å². The molecule has 0 aliphatic heterocycles. The van der Waals surface area contributed by atoms with E-state index in [2.05, 4.69) is 29.7 Å². The van der Waals surface area contributed by atoms with Crippen LogP contribution in [0.2, 0.25) is 0 Å². The van der Waals surface area contributed by atoms with Gasteiger partial charge in [0.1, 0.15) is 0 Å². The van der Waals surface area contributed by atoms with Gasteiger partial charge in [0, 0.05) is 19.0 Å². The Morgan fingerprint density at radius 2 is 2.15 bits per heavy atom. The van der Waals surface area contributed by atoms with E-state index in [-0.39, 0.29) is 18.5 Å². The molecule has 0 bridgehead atoms. The molecule has 1 rings (SSSR count). The number of urea groups is 1.